The molecular formula is C28H21F3N4. The summed E-state index contributed by atoms with van der Waals surface area (Å²) in [7, 11) is 0. The number of nitrogens with zero attached hydrogens (tertiary/aromatic N) is 2. The van der Waals surface area contributed by atoms with Gasteiger partial charge in [-0.3, -0.25) is 4.98 Å². The second-order valence-corrected chi connectivity index (χ2v) is 8.32. The molecule has 0 aliphatic rings. The predicted molar refractivity (Wildman–Crippen MR) is 134 cm³/mol. The zero-order valence-electron chi connectivity index (χ0n) is 18.8. The molecule has 3 N–H and O–H groups in total. The summed E-state index contributed by atoms with van der Waals surface area (Å²) in [6, 6.07) is 25.0. The van der Waals surface area contributed by atoms with Gasteiger partial charge in [0.2, 0.25) is 0 Å². The van der Waals surface area contributed by atoms with Crippen LogP contribution < -0.4 is 11.1 Å². The quantitative estimate of drug-likeness (QED) is 0.284. The van der Waals surface area contributed by atoms with Gasteiger partial charge in [-0.05, 0) is 60.5 Å². The van der Waals surface area contributed by atoms with Crippen LogP contribution in [0.1, 0.15) is 11.1 Å². The van der Waals surface area contributed by atoms with Crippen molar-refractivity contribution in [3.8, 4) is 22.4 Å². The first-order chi connectivity index (χ1) is 16.8. The molecule has 4 nitrogen and oxygen atoms in total. The molecule has 174 valence electrons. The molecule has 0 spiro atoms. The highest BCUT2D eigenvalue weighted by Crippen LogP contribution is 2.34. The Morgan fingerprint density at radius 1 is 0.771 bits per heavy atom. The molecule has 0 fully saturated rings. The Labute approximate surface area is 200 Å². The minimum absolute atomic E-state index is 0.272. The highest BCUT2D eigenvalue weighted by atomic mass is 19.4. The topological polar surface area (TPSA) is 63.8 Å². The van der Waals surface area contributed by atoms with E-state index >= 15 is 0 Å². The lowest BCUT2D eigenvalue weighted by atomic mass is 10.0. The van der Waals surface area contributed by atoms with Crippen molar-refractivity contribution in [2.24, 2.45) is 0 Å². The van der Waals surface area contributed by atoms with Crippen LogP contribution in [0.3, 0.4) is 0 Å². The van der Waals surface area contributed by atoms with Crippen LogP contribution in [-0.4, -0.2) is 9.97 Å². The Morgan fingerprint density at radius 3 is 2.20 bits per heavy atom. The third-order valence-corrected chi connectivity index (χ3v) is 5.76. The second-order valence-electron chi connectivity index (χ2n) is 8.32. The number of hydrogen-bond acceptors (Lipinski definition) is 4. The normalized spacial score (nSPS) is 11.5. The van der Waals surface area contributed by atoms with Crippen LogP contribution in [0.25, 0.3) is 33.3 Å². The molecule has 5 aromatic rings. The first-order valence-corrected chi connectivity index (χ1v) is 10.9. The summed E-state index contributed by atoms with van der Waals surface area (Å²) in [5.74, 6) is 0.432. The summed E-state index contributed by atoms with van der Waals surface area (Å²) in [6.45, 7) is 2.04. The van der Waals surface area contributed by atoms with Crippen molar-refractivity contribution in [2.75, 3.05) is 11.1 Å². The zero-order chi connectivity index (χ0) is 24.6. The average Bonchev–Trinajstić information content (AvgIpc) is 2.84. The molecule has 0 saturated carbocycles. The van der Waals surface area contributed by atoms with Gasteiger partial charge in [0.15, 0.2) is 0 Å². The van der Waals surface area contributed by atoms with Gasteiger partial charge >= 0.3 is 6.18 Å². The lowest BCUT2D eigenvalue weighted by molar-refractivity contribution is -0.137. The number of halogens is 3. The van der Waals surface area contributed by atoms with Crippen LogP contribution in [0.2, 0.25) is 0 Å². The fraction of sp³-hybridized carbons (Fsp3) is 0.0714. The maximum absolute atomic E-state index is 13.0. The second kappa shape index (κ2) is 8.76. The minimum Gasteiger partial charge on any atom is -0.384 e. The zero-order valence-corrected chi connectivity index (χ0v) is 18.8. The standard InChI is InChI=1S/C28H21F3N4/c1-17-2-4-18(5-3-17)20-14-25(35-27(32)15-20)19-6-9-22(10-7-19)34-24-12-13-33-26-16-21(28(29,30)31)8-11-23(24)26/h2-16H,1H3,(H2,32,35)(H,33,34). The van der Waals surface area contributed by atoms with Gasteiger partial charge in [-0.25, -0.2) is 4.98 Å². The van der Waals surface area contributed by atoms with Crippen molar-refractivity contribution < 1.29 is 13.2 Å². The predicted octanol–water partition coefficient (Wildman–Crippen LogP) is 7.62. The van der Waals surface area contributed by atoms with E-state index in [1.807, 2.05) is 43.3 Å². The van der Waals surface area contributed by atoms with Crippen molar-refractivity contribution in [3.63, 3.8) is 0 Å². The summed E-state index contributed by atoms with van der Waals surface area (Å²) in [6.07, 6.45) is -2.92. The Morgan fingerprint density at radius 2 is 1.49 bits per heavy atom. The van der Waals surface area contributed by atoms with E-state index in [2.05, 4.69) is 39.6 Å². The maximum atomic E-state index is 13.0. The van der Waals surface area contributed by atoms with Gasteiger partial charge in [-0.1, -0.05) is 48.0 Å². The average molecular weight is 470 g/mol. The molecule has 5 rings (SSSR count). The van der Waals surface area contributed by atoms with Crippen molar-refractivity contribution in [3.05, 3.63) is 102 Å². The summed E-state index contributed by atoms with van der Waals surface area (Å²) in [5, 5.41) is 3.87. The lowest BCUT2D eigenvalue weighted by Crippen LogP contribution is -2.04. The number of nitrogens with one attached hydrogen (secondary N) is 1. The molecule has 0 atom stereocenters. The van der Waals surface area contributed by atoms with Gasteiger partial charge in [0.1, 0.15) is 5.82 Å². The van der Waals surface area contributed by atoms with Gasteiger partial charge in [-0.15, -0.1) is 0 Å². The number of aromatic nitrogens is 2. The molecule has 35 heavy (non-hydrogen) atoms. The van der Waals surface area contributed by atoms with Gasteiger partial charge in [0.25, 0.3) is 0 Å². The smallest absolute Gasteiger partial charge is 0.384 e. The summed E-state index contributed by atoms with van der Waals surface area (Å²) < 4.78 is 39.1. The number of rotatable bonds is 4. The SMILES string of the molecule is Cc1ccc(-c2cc(N)nc(-c3ccc(Nc4ccnc5cc(C(F)(F)F)ccc45)cc3)c2)cc1. The van der Waals surface area contributed by atoms with Crippen molar-refractivity contribution in [2.45, 2.75) is 13.1 Å². The molecule has 0 radical (unpaired) electrons. The number of aryl methyl sites for hydroxylation is 1. The molecule has 2 heterocycles. The van der Waals surface area contributed by atoms with Gasteiger partial charge < -0.3 is 11.1 Å². The molecule has 0 saturated heterocycles. The van der Waals surface area contributed by atoms with E-state index in [1.165, 1.54) is 17.8 Å². The Kier molecular flexibility index (Phi) is 5.61. The molecular weight excluding hydrogens is 449 g/mol. The van der Waals surface area contributed by atoms with Crippen LogP contribution in [0.5, 0.6) is 0 Å². The highest BCUT2D eigenvalue weighted by molar-refractivity contribution is 5.93. The number of fused-ring (bicyclic) bond motifs is 1. The molecule has 0 amide bonds. The van der Waals surface area contributed by atoms with Crippen LogP contribution in [0, 0.1) is 6.92 Å². The molecule has 3 aromatic carbocycles. The summed E-state index contributed by atoms with van der Waals surface area (Å²) in [5.41, 5.74) is 12.0. The summed E-state index contributed by atoms with van der Waals surface area (Å²) >= 11 is 0. The van der Waals surface area contributed by atoms with Crippen LogP contribution in [0.15, 0.2) is 91.1 Å². The van der Waals surface area contributed by atoms with Crippen molar-refractivity contribution >= 4 is 28.1 Å². The lowest BCUT2D eigenvalue weighted by Gasteiger charge is -2.12. The number of nitrogens with two attached hydrogens (primary N) is 1. The number of anilines is 3. The maximum Gasteiger partial charge on any atom is 0.416 e. The number of pyridine rings is 2. The van der Waals surface area contributed by atoms with E-state index < -0.39 is 11.7 Å². The third kappa shape index (κ3) is 4.80. The van der Waals surface area contributed by atoms with E-state index in [4.69, 9.17) is 5.73 Å². The molecule has 7 heteroatoms. The third-order valence-electron chi connectivity index (χ3n) is 5.76. The number of benzene rings is 3. The number of hydrogen-bond donors (Lipinski definition) is 2. The van der Waals surface area contributed by atoms with E-state index in [9.17, 15) is 13.2 Å². The molecule has 0 aliphatic carbocycles. The van der Waals surface area contributed by atoms with E-state index in [1.54, 1.807) is 6.07 Å². The molecule has 0 aliphatic heterocycles. The Balaban J connectivity index is 1.42. The Hall–Kier alpha value is -4.39. The van der Waals surface area contributed by atoms with E-state index in [0.29, 0.717) is 16.9 Å². The molecule has 0 unspecified atom stereocenters. The van der Waals surface area contributed by atoms with Crippen LogP contribution in [0.4, 0.5) is 30.4 Å². The molecule has 2 aromatic heterocycles. The fourth-order valence-electron chi connectivity index (χ4n) is 3.93. The largest absolute Gasteiger partial charge is 0.416 e. The number of nitrogen functional groups attached to an aromatic ring is 1. The van der Waals surface area contributed by atoms with E-state index in [0.717, 1.165) is 40.2 Å². The van der Waals surface area contributed by atoms with E-state index in [-0.39, 0.29) is 5.52 Å². The van der Waals surface area contributed by atoms with Gasteiger partial charge in [0.05, 0.1) is 16.8 Å². The fourth-order valence-corrected chi connectivity index (χ4v) is 3.93. The first-order valence-electron chi connectivity index (χ1n) is 10.9. The van der Waals surface area contributed by atoms with Crippen molar-refractivity contribution in [1.29, 1.82) is 0 Å². The van der Waals surface area contributed by atoms with Gasteiger partial charge in [0, 0.05) is 28.5 Å². The summed E-state index contributed by atoms with van der Waals surface area (Å²) in [4.78, 5) is 8.58. The Bertz CT molecular complexity index is 1510. The monoisotopic (exact) mass is 470 g/mol. The van der Waals surface area contributed by atoms with Crippen LogP contribution in [-0.2, 0) is 6.18 Å². The van der Waals surface area contributed by atoms with Gasteiger partial charge in [-0.2, -0.15) is 13.2 Å². The minimum atomic E-state index is -4.41. The van der Waals surface area contributed by atoms with Crippen LogP contribution >= 0.6 is 0 Å². The molecule has 0 bridgehead atoms. The highest BCUT2D eigenvalue weighted by Gasteiger charge is 2.30. The first kappa shape index (κ1) is 22.4. The number of alkyl halides is 3. The van der Waals surface area contributed by atoms with Crippen molar-refractivity contribution in [1.82, 2.24) is 9.97 Å².